The predicted molar refractivity (Wildman–Crippen MR) is 74.4 cm³/mol. The number of rotatable bonds is 2. The van der Waals surface area contributed by atoms with Crippen LogP contribution in [0.15, 0.2) is 0 Å². The highest BCUT2D eigenvalue weighted by atomic mass is 16.2. The maximum absolute atomic E-state index is 12.5. The molecule has 0 aromatic carbocycles. The van der Waals surface area contributed by atoms with E-state index in [0.717, 1.165) is 26.2 Å². The Balaban J connectivity index is 1.91. The van der Waals surface area contributed by atoms with E-state index in [0.29, 0.717) is 17.7 Å². The summed E-state index contributed by atoms with van der Waals surface area (Å²) in [7, 11) is 0. The van der Waals surface area contributed by atoms with Crippen LogP contribution in [0.5, 0.6) is 0 Å². The van der Waals surface area contributed by atoms with Gasteiger partial charge in [0.2, 0.25) is 5.91 Å². The predicted octanol–water partition coefficient (Wildman–Crippen LogP) is 2.37. The van der Waals surface area contributed by atoms with Crippen LogP contribution >= 0.6 is 0 Å². The number of carbonyl (C=O) groups is 1. The van der Waals surface area contributed by atoms with Crippen molar-refractivity contribution in [2.24, 2.45) is 11.8 Å². The Morgan fingerprint density at radius 2 is 1.50 bits per heavy atom. The van der Waals surface area contributed by atoms with Crippen molar-refractivity contribution in [2.75, 3.05) is 26.2 Å². The Hall–Kier alpha value is -0.570. The molecule has 18 heavy (non-hydrogen) atoms. The van der Waals surface area contributed by atoms with Gasteiger partial charge in [-0.1, -0.05) is 26.7 Å². The molecule has 104 valence electrons. The fourth-order valence-corrected chi connectivity index (χ4v) is 3.21. The maximum atomic E-state index is 12.5. The van der Waals surface area contributed by atoms with E-state index in [1.165, 1.54) is 25.7 Å². The molecule has 0 aromatic heterocycles. The van der Waals surface area contributed by atoms with E-state index in [1.54, 1.807) is 0 Å². The molecule has 3 heteroatoms. The summed E-state index contributed by atoms with van der Waals surface area (Å²) in [6, 6.07) is 0.0839. The molecule has 0 radical (unpaired) electrons. The molecule has 0 N–H and O–H groups in total. The van der Waals surface area contributed by atoms with Crippen LogP contribution < -0.4 is 0 Å². The van der Waals surface area contributed by atoms with E-state index in [2.05, 4.69) is 30.6 Å². The molecule has 2 aliphatic heterocycles. The van der Waals surface area contributed by atoms with Gasteiger partial charge in [0.15, 0.2) is 0 Å². The zero-order valence-corrected chi connectivity index (χ0v) is 12.2. The molecule has 2 aliphatic rings. The smallest absolute Gasteiger partial charge is 0.239 e. The fraction of sp³-hybridized carbons (Fsp3) is 0.933. The van der Waals surface area contributed by atoms with Crippen molar-refractivity contribution >= 4 is 5.91 Å². The van der Waals surface area contributed by atoms with Gasteiger partial charge >= 0.3 is 0 Å². The van der Waals surface area contributed by atoms with Gasteiger partial charge in [0.25, 0.3) is 0 Å². The lowest BCUT2D eigenvalue weighted by Gasteiger charge is -2.30. The van der Waals surface area contributed by atoms with Crippen LogP contribution in [0.3, 0.4) is 0 Å². The Bertz CT molecular complexity index is 274. The van der Waals surface area contributed by atoms with E-state index in [4.69, 9.17) is 0 Å². The molecule has 0 aromatic rings. The molecule has 3 nitrogen and oxygen atoms in total. The third kappa shape index (κ3) is 3.05. The number of amides is 1. The first kappa shape index (κ1) is 13.9. The Morgan fingerprint density at radius 3 is 2.00 bits per heavy atom. The second-order valence-corrected chi connectivity index (χ2v) is 6.32. The summed E-state index contributed by atoms with van der Waals surface area (Å²) >= 11 is 0. The fourth-order valence-electron chi connectivity index (χ4n) is 3.21. The molecule has 2 fully saturated rings. The number of hydrogen-bond acceptors (Lipinski definition) is 2. The van der Waals surface area contributed by atoms with Crippen LogP contribution in [0.1, 0.15) is 46.5 Å². The zero-order valence-electron chi connectivity index (χ0n) is 12.2. The lowest BCUT2D eigenvalue weighted by molar-refractivity contribution is -0.135. The molecule has 0 unspecified atom stereocenters. The summed E-state index contributed by atoms with van der Waals surface area (Å²) in [6.45, 7) is 10.7. The van der Waals surface area contributed by atoms with E-state index >= 15 is 0 Å². The summed E-state index contributed by atoms with van der Waals surface area (Å²) in [4.78, 5) is 17.0. The van der Waals surface area contributed by atoms with E-state index in [-0.39, 0.29) is 6.04 Å². The van der Waals surface area contributed by atoms with Crippen molar-refractivity contribution < 1.29 is 4.79 Å². The van der Waals surface area contributed by atoms with Crippen LogP contribution in [0.4, 0.5) is 0 Å². The molecular weight excluding hydrogens is 224 g/mol. The number of nitrogens with zero attached hydrogens (tertiary/aromatic N) is 2. The van der Waals surface area contributed by atoms with Gasteiger partial charge in [-0.25, -0.2) is 0 Å². The molecule has 2 saturated heterocycles. The van der Waals surface area contributed by atoms with Gasteiger partial charge in [-0.15, -0.1) is 0 Å². The molecule has 2 rings (SSSR count). The first-order valence-corrected chi connectivity index (χ1v) is 7.62. The lowest BCUT2D eigenvalue weighted by Crippen LogP contribution is -2.46. The van der Waals surface area contributed by atoms with Crippen molar-refractivity contribution in [1.29, 1.82) is 0 Å². The first-order valence-electron chi connectivity index (χ1n) is 7.62. The SMILES string of the molecule is C[C@@H]1CN(C(=O)[C@@H](C)N2CCCCCC2)C[C@H]1C. The third-order valence-electron chi connectivity index (χ3n) is 4.85. The average Bonchev–Trinajstić information content (AvgIpc) is 2.61. The summed E-state index contributed by atoms with van der Waals surface area (Å²) in [6.07, 6.45) is 5.17. The number of hydrogen-bond donors (Lipinski definition) is 0. The Kier molecular flexibility index (Phi) is 4.66. The van der Waals surface area contributed by atoms with Gasteiger partial charge in [-0.05, 0) is 44.7 Å². The minimum absolute atomic E-state index is 0.0839. The van der Waals surface area contributed by atoms with Crippen LogP contribution in [0.25, 0.3) is 0 Å². The van der Waals surface area contributed by atoms with Gasteiger partial charge < -0.3 is 4.90 Å². The molecule has 0 aliphatic carbocycles. The third-order valence-corrected chi connectivity index (χ3v) is 4.85. The van der Waals surface area contributed by atoms with E-state index in [9.17, 15) is 4.79 Å². The summed E-state index contributed by atoms with van der Waals surface area (Å²) < 4.78 is 0. The molecule has 2 heterocycles. The monoisotopic (exact) mass is 252 g/mol. The van der Waals surface area contributed by atoms with Gasteiger partial charge in [-0.3, -0.25) is 9.69 Å². The van der Waals surface area contributed by atoms with Gasteiger partial charge in [0, 0.05) is 13.1 Å². The molecular formula is C15H28N2O. The first-order chi connectivity index (χ1) is 8.59. The molecule has 0 spiro atoms. The van der Waals surface area contributed by atoms with Crippen LogP contribution in [0, 0.1) is 11.8 Å². The van der Waals surface area contributed by atoms with Crippen molar-refractivity contribution in [2.45, 2.75) is 52.5 Å². The van der Waals surface area contributed by atoms with Crippen molar-refractivity contribution in [1.82, 2.24) is 9.80 Å². The Labute approximate surface area is 112 Å². The average molecular weight is 252 g/mol. The lowest BCUT2D eigenvalue weighted by atomic mass is 10.0. The summed E-state index contributed by atoms with van der Waals surface area (Å²) in [5.41, 5.74) is 0. The molecule has 1 amide bonds. The normalized spacial score (nSPS) is 32.3. The maximum Gasteiger partial charge on any atom is 0.239 e. The van der Waals surface area contributed by atoms with E-state index in [1.807, 2.05) is 0 Å². The highest BCUT2D eigenvalue weighted by Crippen LogP contribution is 2.24. The number of likely N-dealkylation sites (tertiary alicyclic amines) is 2. The summed E-state index contributed by atoms with van der Waals surface area (Å²) in [5.74, 6) is 1.67. The quantitative estimate of drug-likeness (QED) is 0.753. The van der Waals surface area contributed by atoms with Crippen molar-refractivity contribution in [3.8, 4) is 0 Å². The molecule has 0 bridgehead atoms. The molecule has 3 atom stereocenters. The second kappa shape index (κ2) is 6.05. The molecule has 0 saturated carbocycles. The van der Waals surface area contributed by atoms with Crippen molar-refractivity contribution in [3.05, 3.63) is 0 Å². The van der Waals surface area contributed by atoms with Crippen molar-refractivity contribution in [3.63, 3.8) is 0 Å². The number of carbonyl (C=O) groups excluding carboxylic acids is 1. The highest BCUT2D eigenvalue weighted by Gasteiger charge is 2.33. The van der Waals surface area contributed by atoms with Gasteiger partial charge in [0.1, 0.15) is 0 Å². The minimum Gasteiger partial charge on any atom is -0.341 e. The van der Waals surface area contributed by atoms with Crippen LogP contribution in [0.2, 0.25) is 0 Å². The van der Waals surface area contributed by atoms with Crippen LogP contribution in [-0.4, -0.2) is 47.9 Å². The topological polar surface area (TPSA) is 23.6 Å². The van der Waals surface area contributed by atoms with E-state index < -0.39 is 0 Å². The zero-order chi connectivity index (χ0) is 13.1. The largest absolute Gasteiger partial charge is 0.341 e. The second-order valence-electron chi connectivity index (χ2n) is 6.32. The minimum atomic E-state index is 0.0839. The highest BCUT2D eigenvalue weighted by molar-refractivity contribution is 5.81. The van der Waals surface area contributed by atoms with Gasteiger partial charge in [0.05, 0.1) is 6.04 Å². The summed E-state index contributed by atoms with van der Waals surface area (Å²) in [5, 5.41) is 0. The van der Waals surface area contributed by atoms with Gasteiger partial charge in [-0.2, -0.15) is 0 Å². The Morgan fingerprint density at radius 1 is 1.00 bits per heavy atom. The standard InChI is InChI=1S/C15H28N2O/c1-12-10-17(11-13(12)2)15(18)14(3)16-8-6-4-5-7-9-16/h12-14H,4-11H2,1-3H3/t12-,13-,14-/m1/s1. The van der Waals surface area contributed by atoms with Crippen LogP contribution in [-0.2, 0) is 4.79 Å².